The maximum absolute atomic E-state index is 12.2. The van der Waals surface area contributed by atoms with Gasteiger partial charge in [0.2, 0.25) is 11.8 Å². The maximum Gasteiger partial charge on any atom is 0.250 e. The van der Waals surface area contributed by atoms with Crippen molar-refractivity contribution >= 4 is 61.6 Å². The molecule has 0 spiro atoms. The molecule has 2 N–H and O–H groups in total. The van der Waals surface area contributed by atoms with Gasteiger partial charge in [0.05, 0.1) is 15.9 Å². The molecule has 2 heterocycles. The Kier molecular flexibility index (Phi) is 5.46. The first kappa shape index (κ1) is 19.0. The van der Waals surface area contributed by atoms with E-state index in [0.717, 1.165) is 32.2 Å². The fourth-order valence-corrected chi connectivity index (χ4v) is 4.24. The van der Waals surface area contributed by atoms with Crippen molar-refractivity contribution in [1.29, 1.82) is 0 Å². The number of benzene rings is 2. The first-order valence-electron chi connectivity index (χ1n) is 8.75. The van der Waals surface area contributed by atoms with E-state index in [9.17, 15) is 9.59 Å². The van der Waals surface area contributed by atoms with Crippen molar-refractivity contribution in [2.24, 2.45) is 0 Å². The molecule has 6 nitrogen and oxygen atoms in total. The van der Waals surface area contributed by atoms with Gasteiger partial charge in [0, 0.05) is 29.6 Å². The van der Waals surface area contributed by atoms with Crippen molar-refractivity contribution in [2.45, 2.75) is 6.92 Å². The quantitative estimate of drug-likeness (QED) is 0.444. The number of hydrogen-bond acceptors (Lipinski definition) is 6. The number of carbonyl (C=O) groups excluding carboxylic acids is 2. The molecule has 0 fully saturated rings. The summed E-state index contributed by atoms with van der Waals surface area (Å²) >= 11 is 2.89. The minimum absolute atomic E-state index is 0.115. The second-order valence-corrected chi connectivity index (χ2v) is 8.06. The van der Waals surface area contributed by atoms with E-state index in [1.165, 1.54) is 35.7 Å². The molecule has 29 heavy (non-hydrogen) atoms. The number of nitrogens with one attached hydrogen (secondary N) is 2. The van der Waals surface area contributed by atoms with Gasteiger partial charge in [-0.25, -0.2) is 9.97 Å². The SMILES string of the molecule is CC(=O)Nc1ccc(-c2csc(NC(=O)/C=C/c3nc4ccccc4s3)n2)cc1. The van der Waals surface area contributed by atoms with Crippen molar-refractivity contribution in [3.8, 4) is 11.3 Å². The average molecular weight is 421 g/mol. The number of thiazole rings is 2. The molecular formula is C21H16N4O2S2. The topological polar surface area (TPSA) is 84.0 Å². The lowest BCUT2D eigenvalue weighted by Crippen LogP contribution is -2.07. The van der Waals surface area contributed by atoms with Crippen molar-refractivity contribution in [1.82, 2.24) is 9.97 Å². The van der Waals surface area contributed by atoms with Gasteiger partial charge >= 0.3 is 0 Å². The number of carbonyl (C=O) groups is 2. The third-order valence-corrected chi connectivity index (χ3v) is 5.68. The fourth-order valence-electron chi connectivity index (χ4n) is 2.65. The van der Waals surface area contributed by atoms with Crippen molar-refractivity contribution < 1.29 is 9.59 Å². The van der Waals surface area contributed by atoms with Crippen LogP contribution in [0.5, 0.6) is 0 Å². The van der Waals surface area contributed by atoms with E-state index in [2.05, 4.69) is 20.6 Å². The van der Waals surface area contributed by atoms with Crippen LogP contribution in [0.3, 0.4) is 0 Å². The van der Waals surface area contributed by atoms with Crippen molar-refractivity contribution in [3.05, 3.63) is 65.0 Å². The van der Waals surface area contributed by atoms with Gasteiger partial charge in [-0.15, -0.1) is 22.7 Å². The predicted molar refractivity (Wildman–Crippen MR) is 119 cm³/mol. The smallest absolute Gasteiger partial charge is 0.250 e. The number of nitrogens with zero attached hydrogens (tertiary/aromatic N) is 2. The lowest BCUT2D eigenvalue weighted by Gasteiger charge is -2.02. The number of anilines is 2. The summed E-state index contributed by atoms with van der Waals surface area (Å²) in [6, 6.07) is 15.2. The molecule has 0 aliphatic heterocycles. The van der Waals surface area contributed by atoms with E-state index in [4.69, 9.17) is 0 Å². The van der Waals surface area contributed by atoms with E-state index < -0.39 is 0 Å². The van der Waals surface area contributed by atoms with Crippen LogP contribution in [0.1, 0.15) is 11.9 Å². The maximum atomic E-state index is 12.2. The zero-order valence-corrected chi connectivity index (χ0v) is 17.0. The van der Waals surface area contributed by atoms with Crippen LogP contribution in [0.25, 0.3) is 27.6 Å². The first-order valence-corrected chi connectivity index (χ1v) is 10.4. The average Bonchev–Trinajstić information content (AvgIpc) is 3.33. The molecule has 8 heteroatoms. The van der Waals surface area contributed by atoms with Gasteiger partial charge in [0.1, 0.15) is 5.01 Å². The second kappa shape index (κ2) is 8.34. The lowest BCUT2D eigenvalue weighted by atomic mass is 10.1. The standard InChI is InChI=1S/C21H16N4O2S2/c1-13(26)22-15-8-6-14(7-9-15)17-12-28-21(24-17)25-19(27)10-11-20-23-16-4-2-3-5-18(16)29-20/h2-12H,1H3,(H,22,26)(H,24,25,27)/b11-10+. The number of fused-ring (bicyclic) bond motifs is 1. The Morgan fingerprint density at radius 1 is 1.00 bits per heavy atom. The summed E-state index contributed by atoms with van der Waals surface area (Å²) < 4.78 is 1.08. The highest BCUT2D eigenvalue weighted by Gasteiger charge is 2.07. The molecule has 2 amide bonds. The molecule has 0 saturated carbocycles. The normalized spacial score (nSPS) is 11.1. The zero-order chi connectivity index (χ0) is 20.2. The van der Waals surface area contributed by atoms with Crippen LogP contribution in [0.15, 0.2) is 60.0 Å². The third-order valence-electron chi connectivity index (χ3n) is 3.92. The van der Waals surface area contributed by atoms with E-state index in [1.54, 1.807) is 6.08 Å². The Balaban J connectivity index is 1.40. The summed E-state index contributed by atoms with van der Waals surface area (Å²) in [5.41, 5.74) is 3.31. The summed E-state index contributed by atoms with van der Waals surface area (Å²) in [6.07, 6.45) is 3.16. The monoisotopic (exact) mass is 420 g/mol. The first-order chi connectivity index (χ1) is 14.1. The van der Waals surface area contributed by atoms with Gasteiger partial charge in [-0.3, -0.25) is 14.9 Å². The molecule has 2 aromatic heterocycles. The Morgan fingerprint density at radius 3 is 2.55 bits per heavy atom. The zero-order valence-electron chi connectivity index (χ0n) is 15.4. The number of rotatable bonds is 5. The van der Waals surface area contributed by atoms with Crippen LogP contribution < -0.4 is 10.6 Å². The molecule has 0 atom stereocenters. The second-order valence-electron chi connectivity index (χ2n) is 6.14. The molecule has 0 aliphatic rings. The van der Waals surface area contributed by atoms with Gasteiger partial charge < -0.3 is 5.32 Å². The van der Waals surface area contributed by atoms with Crippen LogP contribution in [0.2, 0.25) is 0 Å². The number of amides is 2. The van der Waals surface area contributed by atoms with Crippen LogP contribution in [0, 0.1) is 0 Å². The molecule has 0 saturated heterocycles. The fraction of sp³-hybridized carbons (Fsp3) is 0.0476. The molecule has 0 radical (unpaired) electrons. The van der Waals surface area contributed by atoms with E-state index in [1.807, 2.05) is 53.9 Å². The lowest BCUT2D eigenvalue weighted by molar-refractivity contribution is -0.114. The molecular weight excluding hydrogens is 404 g/mol. The van der Waals surface area contributed by atoms with Gasteiger partial charge in [-0.05, 0) is 30.3 Å². The Bertz CT molecular complexity index is 1180. The molecule has 2 aromatic carbocycles. The largest absolute Gasteiger partial charge is 0.326 e. The van der Waals surface area contributed by atoms with Crippen LogP contribution >= 0.6 is 22.7 Å². The Labute approximate surface area is 175 Å². The summed E-state index contributed by atoms with van der Waals surface area (Å²) in [4.78, 5) is 32.2. The van der Waals surface area contributed by atoms with E-state index >= 15 is 0 Å². The third kappa shape index (κ3) is 4.74. The molecule has 0 aliphatic carbocycles. The summed E-state index contributed by atoms with van der Waals surface area (Å²) in [7, 11) is 0. The highest BCUT2D eigenvalue weighted by Crippen LogP contribution is 2.26. The van der Waals surface area contributed by atoms with Crippen molar-refractivity contribution in [2.75, 3.05) is 10.6 Å². The molecule has 144 valence electrons. The Morgan fingerprint density at radius 2 is 1.79 bits per heavy atom. The molecule has 0 unspecified atom stereocenters. The molecule has 4 rings (SSSR count). The number of para-hydroxylation sites is 1. The van der Waals surface area contributed by atoms with Crippen LogP contribution in [0.4, 0.5) is 10.8 Å². The van der Waals surface area contributed by atoms with Crippen molar-refractivity contribution in [3.63, 3.8) is 0 Å². The van der Waals surface area contributed by atoms with Gasteiger partial charge in [0.15, 0.2) is 5.13 Å². The van der Waals surface area contributed by atoms with Gasteiger partial charge in [-0.1, -0.05) is 24.3 Å². The number of hydrogen-bond donors (Lipinski definition) is 2. The van der Waals surface area contributed by atoms with E-state index in [0.29, 0.717) is 5.13 Å². The van der Waals surface area contributed by atoms with Gasteiger partial charge in [0.25, 0.3) is 0 Å². The Hall–Kier alpha value is -3.36. The minimum Gasteiger partial charge on any atom is -0.326 e. The summed E-state index contributed by atoms with van der Waals surface area (Å²) in [5.74, 6) is -0.374. The van der Waals surface area contributed by atoms with Crippen LogP contribution in [-0.2, 0) is 9.59 Å². The molecule has 4 aromatic rings. The number of aromatic nitrogens is 2. The highest BCUT2D eigenvalue weighted by atomic mass is 32.1. The predicted octanol–water partition coefficient (Wildman–Crippen LogP) is 5.03. The minimum atomic E-state index is -0.258. The van der Waals surface area contributed by atoms with Gasteiger partial charge in [-0.2, -0.15) is 0 Å². The summed E-state index contributed by atoms with van der Waals surface area (Å²) in [6.45, 7) is 1.47. The van der Waals surface area contributed by atoms with E-state index in [-0.39, 0.29) is 11.8 Å². The summed E-state index contributed by atoms with van der Waals surface area (Å²) in [5, 5.41) is 8.67. The highest BCUT2D eigenvalue weighted by molar-refractivity contribution is 7.19. The van der Waals surface area contributed by atoms with Crippen LogP contribution in [-0.4, -0.2) is 21.8 Å². The molecule has 0 bridgehead atoms.